The molecule has 0 spiro atoms. The molecule has 0 saturated heterocycles. The van der Waals surface area contributed by atoms with E-state index in [9.17, 15) is 13.2 Å². The number of ether oxygens (including phenoxy) is 2. The molecule has 172 valence electrons. The number of benzene rings is 1. The lowest BCUT2D eigenvalue weighted by Crippen LogP contribution is -2.06. The fraction of sp³-hybridized carbons (Fsp3) is 0.0952. The molecule has 4 aromatic heterocycles. The van der Waals surface area contributed by atoms with Gasteiger partial charge in [-0.1, -0.05) is 11.6 Å². The Kier molecular flexibility index (Phi) is 5.49. The predicted molar refractivity (Wildman–Crippen MR) is 111 cm³/mol. The zero-order chi connectivity index (χ0) is 23.7. The quantitative estimate of drug-likeness (QED) is 0.321. The van der Waals surface area contributed by atoms with Crippen LogP contribution in [-0.4, -0.2) is 29.3 Å². The van der Waals surface area contributed by atoms with Gasteiger partial charge in [-0.25, -0.2) is 15.0 Å². The lowest BCUT2D eigenvalue weighted by atomic mass is 10.2. The molecule has 0 aliphatic heterocycles. The normalized spacial score (nSPS) is 11.6. The van der Waals surface area contributed by atoms with Crippen LogP contribution in [0.25, 0.3) is 17.0 Å². The van der Waals surface area contributed by atoms with Crippen molar-refractivity contribution in [1.82, 2.24) is 29.3 Å². The van der Waals surface area contributed by atoms with E-state index in [1.165, 1.54) is 18.7 Å². The molecular weight excluding hydrogens is 477 g/mol. The van der Waals surface area contributed by atoms with Crippen LogP contribution in [0.4, 0.5) is 13.2 Å². The van der Waals surface area contributed by atoms with Gasteiger partial charge in [-0.05, 0) is 18.2 Å². The number of hydrogen-bond acceptors (Lipinski definition) is 8. The first-order valence-electron chi connectivity index (χ1n) is 9.58. The summed E-state index contributed by atoms with van der Waals surface area (Å²) in [5.41, 5.74) is 0.866. The molecule has 13 heteroatoms. The number of aromatic nitrogens is 6. The van der Waals surface area contributed by atoms with Crippen molar-refractivity contribution in [2.75, 3.05) is 0 Å². The van der Waals surface area contributed by atoms with Crippen molar-refractivity contribution in [1.29, 1.82) is 0 Å². The topological polar surface area (TPSA) is 100 Å². The summed E-state index contributed by atoms with van der Waals surface area (Å²) >= 11 is 5.61. The number of hydrogen-bond donors (Lipinski definition) is 0. The Bertz CT molecular complexity index is 1460. The Morgan fingerprint density at radius 2 is 1.88 bits per heavy atom. The van der Waals surface area contributed by atoms with E-state index in [0.29, 0.717) is 11.5 Å². The molecule has 5 aromatic rings. The lowest BCUT2D eigenvalue weighted by Gasteiger charge is -2.10. The summed E-state index contributed by atoms with van der Waals surface area (Å²) < 4.78 is 56.8. The molecule has 0 aliphatic rings. The van der Waals surface area contributed by atoms with E-state index in [4.69, 9.17) is 25.5 Å². The highest BCUT2D eigenvalue weighted by molar-refractivity contribution is 6.31. The fourth-order valence-electron chi connectivity index (χ4n) is 3.02. The molecule has 0 bridgehead atoms. The van der Waals surface area contributed by atoms with Crippen molar-refractivity contribution in [2.45, 2.75) is 12.8 Å². The number of rotatable bonds is 6. The minimum atomic E-state index is -4.62. The first-order valence-corrected chi connectivity index (χ1v) is 9.96. The number of fused-ring (bicyclic) bond motifs is 1. The van der Waals surface area contributed by atoms with E-state index in [-0.39, 0.29) is 24.3 Å². The minimum absolute atomic E-state index is 0.0233. The molecule has 0 aliphatic carbocycles. The van der Waals surface area contributed by atoms with E-state index in [1.54, 1.807) is 35.3 Å². The van der Waals surface area contributed by atoms with Crippen molar-refractivity contribution >= 4 is 17.4 Å². The van der Waals surface area contributed by atoms with E-state index < -0.39 is 16.8 Å². The highest BCUT2D eigenvalue weighted by atomic mass is 35.5. The minimum Gasteiger partial charge on any atom is -0.471 e. The van der Waals surface area contributed by atoms with E-state index in [1.807, 2.05) is 0 Å². The molecule has 1 aromatic carbocycles. The third-order valence-electron chi connectivity index (χ3n) is 4.56. The van der Waals surface area contributed by atoms with Gasteiger partial charge in [-0.3, -0.25) is 4.40 Å². The van der Waals surface area contributed by atoms with Crippen LogP contribution < -0.4 is 9.47 Å². The second kappa shape index (κ2) is 8.63. The molecule has 4 heterocycles. The van der Waals surface area contributed by atoms with Crippen LogP contribution in [0.2, 0.25) is 5.02 Å². The van der Waals surface area contributed by atoms with Gasteiger partial charge in [-0.15, -0.1) is 0 Å². The Morgan fingerprint density at radius 1 is 1.06 bits per heavy atom. The van der Waals surface area contributed by atoms with Crippen LogP contribution in [0.15, 0.2) is 66.1 Å². The zero-order valence-electron chi connectivity index (χ0n) is 16.9. The third kappa shape index (κ3) is 4.48. The van der Waals surface area contributed by atoms with Gasteiger partial charge < -0.3 is 13.9 Å². The maximum absolute atomic E-state index is 13.0. The average molecular weight is 489 g/mol. The predicted octanol–water partition coefficient (Wildman–Crippen LogP) is 5.22. The third-order valence-corrected chi connectivity index (χ3v) is 4.89. The molecule has 0 atom stereocenters. The molecule has 5 rings (SSSR count). The summed E-state index contributed by atoms with van der Waals surface area (Å²) in [4.78, 5) is 20.6. The molecule has 9 nitrogen and oxygen atoms in total. The van der Waals surface area contributed by atoms with Gasteiger partial charge in [-0.2, -0.15) is 23.1 Å². The zero-order valence-corrected chi connectivity index (χ0v) is 17.7. The molecule has 0 fully saturated rings. The monoisotopic (exact) mass is 488 g/mol. The average Bonchev–Trinajstić information content (AvgIpc) is 3.45. The molecule has 34 heavy (non-hydrogen) atoms. The molecule has 0 radical (unpaired) electrons. The van der Waals surface area contributed by atoms with Crippen molar-refractivity contribution < 1.29 is 27.1 Å². The Balaban J connectivity index is 1.26. The molecule has 0 N–H and O–H groups in total. The van der Waals surface area contributed by atoms with Crippen LogP contribution in [-0.2, 0) is 12.8 Å². The molecular formula is C21H12ClF3N6O3. The highest BCUT2D eigenvalue weighted by Crippen LogP contribution is 2.37. The Labute approximate surface area is 193 Å². The summed E-state index contributed by atoms with van der Waals surface area (Å²) in [6.07, 6.45) is 4.54. The number of imidazole rings is 1. The number of halogens is 4. The van der Waals surface area contributed by atoms with Crippen LogP contribution in [0, 0.1) is 0 Å². The summed E-state index contributed by atoms with van der Waals surface area (Å²) in [5, 5.41) is -0.437. The first-order chi connectivity index (χ1) is 16.4. The highest BCUT2D eigenvalue weighted by Gasteiger charge is 2.33. The largest absolute Gasteiger partial charge is 0.471 e. The SMILES string of the molecule is FC(F)(F)c1cc(Oc2nc(COc3ccn4c(-c5cncnc5)cnc4n3)co2)ccc1Cl. The summed E-state index contributed by atoms with van der Waals surface area (Å²) in [7, 11) is 0. The Hall–Kier alpha value is -4.19. The summed E-state index contributed by atoms with van der Waals surface area (Å²) in [6, 6.07) is 4.77. The van der Waals surface area contributed by atoms with Gasteiger partial charge in [0.1, 0.15) is 30.6 Å². The van der Waals surface area contributed by atoms with Crippen molar-refractivity contribution in [2.24, 2.45) is 0 Å². The maximum Gasteiger partial charge on any atom is 0.417 e. The van der Waals surface area contributed by atoms with E-state index in [2.05, 4.69) is 24.9 Å². The molecule has 0 saturated carbocycles. The van der Waals surface area contributed by atoms with E-state index in [0.717, 1.165) is 23.4 Å². The van der Waals surface area contributed by atoms with Crippen LogP contribution in [0.1, 0.15) is 11.3 Å². The van der Waals surface area contributed by atoms with Gasteiger partial charge in [0.05, 0.1) is 22.5 Å². The van der Waals surface area contributed by atoms with Crippen LogP contribution in [0.3, 0.4) is 0 Å². The summed E-state index contributed by atoms with van der Waals surface area (Å²) in [6.45, 7) is -0.0233. The Morgan fingerprint density at radius 3 is 2.68 bits per heavy atom. The van der Waals surface area contributed by atoms with Crippen LogP contribution >= 0.6 is 11.6 Å². The van der Waals surface area contributed by atoms with Crippen LogP contribution in [0.5, 0.6) is 17.7 Å². The van der Waals surface area contributed by atoms with Gasteiger partial charge in [0, 0.05) is 30.2 Å². The number of nitrogens with zero attached hydrogens (tertiary/aromatic N) is 6. The van der Waals surface area contributed by atoms with Crippen molar-refractivity contribution in [3.8, 4) is 29.0 Å². The van der Waals surface area contributed by atoms with Gasteiger partial charge in [0.25, 0.3) is 0 Å². The standard InChI is InChI=1S/C21H12ClF3N6O3/c22-16-2-1-14(5-15(16)21(23,24)25)34-20-29-13(10-33-20)9-32-18-3-4-31-17(8-28-19(31)30-18)12-6-26-11-27-7-12/h1-8,10-11H,9H2. The van der Waals surface area contributed by atoms with Crippen molar-refractivity contribution in [3.63, 3.8) is 0 Å². The van der Waals surface area contributed by atoms with Gasteiger partial charge in [0.15, 0.2) is 0 Å². The van der Waals surface area contributed by atoms with Crippen molar-refractivity contribution in [3.05, 3.63) is 77.9 Å². The number of alkyl halides is 3. The molecule has 0 amide bonds. The fourth-order valence-corrected chi connectivity index (χ4v) is 3.24. The lowest BCUT2D eigenvalue weighted by molar-refractivity contribution is -0.137. The molecule has 0 unspecified atom stereocenters. The van der Waals surface area contributed by atoms with Gasteiger partial charge >= 0.3 is 12.3 Å². The first kappa shape index (κ1) is 21.6. The number of oxazole rings is 1. The maximum atomic E-state index is 13.0. The van der Waals surface area contributed by atoms with E-state index >= 15 is 0 Å². The summed E-state index contributed by atoms with van der Waals surface area (Å²) in [5.74, 6) is 0.563. The second-order valence-corrected chi connectivity index (χ2v) is 7.25. The smallest absolute Gasteiger partial charge is 0.417 e. The second-order valence-electron chi connectivity index (χ2n) is 6.84. The van der Waals surface area contributed by atoms with Gasteiger partial charge in [0.2, 0.25) is 11.7 Å².